The highest BCUT2D eigenvalue weighted by Crippen LogP contribution is 2.45. The molecule has 3 rings (SSSR count). The normalized spacial score (nSPS) is 36.8. The highest BCUT2D eigenvalue weighted by atomic mass is 32.1. The molecule has 7 nitrogen and oxygen atoms in total. The molecule has 8 heteroatoms. The van der Waals surface area contributed by atoms with Gasteiger partial charge in [-0.15, -0.1) is 11.3 Å². The largest absolute Gasteiger partial charge is 0.458 e. The van der Waals surface area contributed by atoms with Crippen LogP contribution in [-0.2, 0) is 25.5 Å². The second-order valence-corrected chi connectivity index (χ2v) is 12.4. The molecule has 1 aromatic heterocycles. The first-order valence-corrected chi connectivity index (χ1v) is 14.1. The number of esters is 1. The van der Waals surface area contributed by atoms with Gasteiger partial charge >= 0.3 is 5.97 Å². The number of epoxide rings is 1. The molecule has 2 N–H and O–H groups in total. The lowest BCUT2D eigenvalue weighted by atomic mass is 9.73. The third-order valence-electron chi connectivity index (χ3n) is 8.16. The number of thiazole rings is 1. The minimum atomic E-state index is -1.23. The minimum Gasteiger partial charge on any atom is -0.458 e. The molecule has 0 radical (unpaired) electrons. The molecule has 0 spiro atoms. The number of hydrogen-bond donors (Lipinski definition) is 2. The van der Waals surface area contributed by atoms with Crippen LogP contribution < -0.4 is 0 Å². The molecule has 3 heterocycles. The highest BCUT2D eigenvalue weighted by molar-refractivity contribution is 7.09. The first-order chi connectivity index (χ1) is 16.8. The van der Waals surface area contributed by atoms with E-state index in [2.05, 4.69) is 18.8 Å². The topological polar surface area (TPSA) is 109 Å². The Hall–Kier alpha value is -1.61. The summed E-state index contributed by atoms with van der Waals surface area (Å²) in [5.41, 5.74) is 0.202. The van der Waals surface area contributed by atoms with Crippen molar-refractivity contribution in [3.8, 4) is 0 Å². The van der Waals surface area contributed by atoms with E-state index >= 15 is 0 Å². The number of nitrogens with zero attached hydrogens (tertiary/aromatic N) is 1. The summed E-state index contributed by atoms with van der Waals surface area (Å²) in [5, 5.41) is 24.8. The number of carbonyl (C=O) groups excluding carboxylic acids is 2. The summed E-state index contributed by atoms with van der Waals surface area (Å²) in [6, 6.07) is 0. The van der Waals surface area contributed by atoms with E-state index in [0.29, 0.717) is 6.42 Å². The van der Waals surface area contributed by atoms with Gasteiger partial charge in [0.25, 0.3) is 0 Å². The van der Waals surface area contributed by atoms with Crippen molar-refractivity contribution in [1.82, 2.24) is 4.98 Å². The number of aromatic nitrogens is 1. The third-order valence-corrected chi connectivity index (χ3v) is 9.17. The molecule has 0 aliphatic carbocycles. The Balaban J connectivity index is 1.85. The maximum absolute atomic E-state index is 13.2. The Morgan fingerprint density at radius 2 is 1.94 bits per heavy atom. The number of aliphatic hydroxyl groups is 2. The predicted molar refractivity (Wildman–Crippen MR) is 141 cm³/mol. The van der Waals surface area contributed by atoms with Crippen molar-refractivity contribution in [2.24, 2.45) is 17.3 Å². The first-order valence-electron chi connectivity index (χ1n) is 13.2. The molecule has 2 aliphatic heterocycles. The summed E-state index contributed by atoms with van der Waals surface area (Å²) in [4.78, 5) is 30.8. The number of Topliss-reactive ketones (excluding diaryl/α,β-unsaturated/α-hetero) is 1. The van der Waals surface area contributed by atoms with Gasteiger partial charge in [0, 0.05) is 17.7 Å². The van der Waals surface area contributed by atoms with Crippen molar-refractivity contribution in [1.29, 1.82) is 0 Å². The maximum Gasteiger partial charge on any atom is 0.309 e. The van der Waals surface area contributed by atoms with Gasteiger partial charge < -0.3 is 19.7 Å². The van der Waals surface area contributed by atoms with Crippen LogP contribution in [0.25, 0.3) is 6.08 Å². The summed E-state index contributed by atoms with van der Waals surface area (Å²) >= 11 is 1.60. The van der Waals surface area contributed by atoms with E-state index in [1.807, 2.05) is 25.3 Å². The van der Waals surface area contributed by atoms with Crippen molar-refractivity contribution in [2.75, 3.05) is 0 Å². The Labute approximate surface area is 219 Å². The standard InChI is InChI=1S/C28H43NO6S/c1-8-23-29-19(15-36-23)12-17(3)20-13-22-28(7,35-22)11-9-10-16(2)25(32)18(4)26(33)27(5,6)21(30)14-24(31)34-20/h12,15-16,18,20-22,25,30,32H,8-11,13-14H2,1-7H3/t16-,18+,20-,21-,22-,25-,28+/m0/s1. The Morgan fingerprint density at radius 1 is 1.25 bits per heavy atom. The van der Waals surface area contributed by atoms with Crippen molar-refractivity contribution >= 4 is 29.2 Å². The molecular weight excluding hydrogens is 478 g/mol. The average Bonchev–Trinajstić information content (AvgIpc) is 3.23. The Bertz CT molecular complexity index is 971. The quantitative estimate of drug-likeness (QED) is 0.437. The van der Waals surface area contributed by atoms with Gasteiger partial charge in [-0.05, 0) is 50.7 Å². The fraction of sp³-hybridized carbons (Fsp3) is 0.750. The van der Waals surface area contributed by atoms with Gasteiger partial charge in [0.1, 0.15) is 11.9 Å². The smallest absolute Gasteiger partial charge is 0.309 e. The lowest BCUT2D eigenvalue weighted by Crippen LogP contribution is -2.45. The number of rotatable bonds is 3. The number of ether oxygens (including phenoxy) is 2. The third kappa shape index (κ3) is 6.63. The molecule has 2 aliphatic rings. The number of aryl methyl sites for hydroxylation is 1. The number of hydrogen-bond acceptors (Lipinski definition) is 8. The zero-order chi connectivity index (χ0) is 26.8. The van der Waals surface area contributed by atoms with Gasteiger partial charge in [-0.3, -0.25) is 9.59 Å². The molecule has 202 valence electrons. The first kappa shape index (κ1) is 29.0. The van der Waals surface area contributed by atoms with Crippen LogP contribution in [0.5, 0.6) is 0 Å². The average molecular weight is 522 g/mol. The fourth-order valence-electron chi connectivity index (χ4n) is 5.17. The van der Waals surface area contributed by atoms with Gasteiger partial charge in [-0.2, -0.15) is 0 Å². The Morgan fingerprint density at radius 3 is 2.58 bits per heavy atom. The summed E-state index contributed by atoms with van der Waals surface area (Å²) in [5.74, 6) is -1.54. The molecule has 1 aromatic rings. The molecule has 36 heavy (non-hydrogen) atoms. The summed E-state index contributed by atoms with van der Waals surface area (Å²) in [6.07, 6.45) is 2.87. The summed E-state index contributed by atoms with van der Waals surface area (Å²) < 4.78 is 12.0. The molecule has 2 saturated heterocycles. The van der Waals surface area contributed by atoms with Crippen LogP contribution in [0, 0.1) is 17.3 Å². The summed E-state index contributed by atoms with van der Waals surface area (Å²) in [7, 11) is 0. The monoisotopic (exact) mass is 521 g/mol. The van der Waals surface area contributed by atoms with Crippen molar-refractivity contribution in [2.45, 2.75) is 117 Å². The molecular formula is C28H43NO6S. The molecule has 0 aromatic carbocycles. The van der Waals surface area contributed by atoms with E-state index in [0.717, 1.165) is 42.0 Å². The van der Waals surface area contributed by atoms with E-state index in [4.69, 9.17) is 9.47 Å². The lowest BCUT2D eigenvalue weighted by molar-refractivity contribution is -0.154. The molecule has 0 saturated carbocycles. The fourth-order valence-corrected chi connectivity index (χ4v) is 5.88. The van der Waals surface area contributed by atoms with E-state index in [1.54, 1.807) is 32.1 Å². The van der Waals surface area contributed by atoms with Crippen molar-refractivity contribution < 1.29 is 29.3 Å². The predicted octanol–water partition coefficient (Wildman–Crippen LogP) is 4.73. The highest BCUT2D eigenvalue weighted by Gasteiger charge is 2.53. The van der Waals surface area contributed by atoms with Gasteiger partial charge in [0.2, 0.25) is 0 Å². The minimum absolute atomic E-state index is 0.0460. The summed E-state index contributed by atoms with van der Waals surface area (Å²) in [6.45, 7) is 13.0. The lowest BCUT2D eigenvalue weighted by Gasteiger charge is -2.34. The second kappa shape index (κ2) is 11.4. The number of cyclic esters (lactones) is 1. The van der Waals surface area contributed by atoms with Crippen LogP contribution in [0.3, 0.4) is 0 Å². The van der Waals surface area contributed by atoms with E-state index < -0.39 is 35.6 Å². The van der Waals surface area contributed by atoms with Crippen molar-refractivity contribution in [3.63, 3.8) is 0 Å². The van der Waals surface area contributed by atoms with Gasteiger partial charge in [-0.1, -0.05) is 41.0 Å². The van der Waals surface area contributed by atoms with Crippen LogP contribution in [0.1, 0.15) is 91.3 Å². The van der Waals surface area contributed by atoms with Gasteiger partial charge in [0.05, 0.1) is 46.5 Å². The van der Waals surface area contributed by atoms with Crippen LogP contribution in [0.15, 0.2) is 11.0 Å². The molecule has 0 unspecified atom stereocenters. The van der Waals surface area contributed by atoms with E-state index in [-0.39, 0.29) is 29.8 Å². The number of ketones is 1. The maximum atomic E-state index is 13.2. The van der Waals surface area contributed by atoms with E-state index in [9.17, 15) is 19.8 Å². The zero-order valence-electron chi connectivity index (χ0n) is 22.7. The second-order valence-electron chi connectivity index (χ2n) is 11.5. The number of carbonyl (C=O) groups is 2. The van der Waals surface area contributed by atoms with Crippen LogP contribution in [0.4, 0.5) is 0 Å². The van der Waals surface area contributed by atoms with Crippen molar-refractivity contribution in [3.05, 3.63) is 21.7 Å². The SMILES string of the molecule is CCc1nc(C=C(C)[C@@H]2C[C@@H]3O[C@]3(C)CCC[C@H](C)[C@H](O)[C@@H](C)C(=O)C(C)(C)[C@@H](O)CC(=O)O2)cs1. The van der Waals surface area contributed by atoms with Crippen LogP contribution in [0.2, 0.25) is 0 Å². The van der Waals surface area contributed by atoms with Gasteiger partial charge in [-0.25, -0.2) is 4.98 Å². The number of fused-ring (bicyclic) bond motifs is 1. The molecule has 7 atom stereocenters. The van der Waals surface area contributed by atoms with Crippen LogP contribution >= 0.6 is 11.3 Å². The molecule has 2 fully saturated rings. The zero-order valence-corrected chi connectivity index (χ0v) is 23.6. The molecule has 0 bridgehead atoms. The molecule has 0 amide bonds. The van der Waals surface area contributed by atoms with Gasteiger partial charge in [0.15, 0.2) is 0 Å². The number of aliphatic hydroxyl groups excluding tert-OH is 2. The van der Waals surface area contributed by atoms with Crippen LogP contribution in [-0.4, -0.2) is 57.0 Å². The Kier molecular flexibility index (Phi) is 9.18. The van der Waals surface area contributed by atoms with E-state index in [1.165, 1.54) is 0 Å².